The van der Waals surface area contributed by atoms with Crippen LogP contribution in [0.1, 0.15) is 6.42 Å². The highest BCUT2D eigenvalue weighted by atomic mass is 35.5. The zero-order chi connectivity index (χ0) is 16.8. The molecule has 0 bridgehead atoms. The van der Waals surface area contributed by atoms with Gasteiger partial charge in [0.2, 0.25) is 5.13 Å². The van der Waals surface area contributed by atoms with Crippen LogP contribution in [-0.2, 0) is 9.47 Å². The molecule has 0 atom stereocenters. The number of carbonyl (C=O) groups excluding carboxylic acids is 1. The number of nitrogens with one attached hydrogen (secondary N) is 2. The fourth-order valence-electron chi connectivity index (χ4n) is 1.93. The maximum atomic E-state index is 11.9. The Morgan fingerprint density at radius 2 is 2.00 bits per heavy atom. The third kappa shape index (κ3) is 5.32. The van der Waals surface area contributed by atoms with Crippen molar-refractivity contribution < 1.29 is 14.3 Å². The minimum atomic E-state index is -0.377. The van der Waals surface area contributed by atoms with Crippen LogP contribution in [0.5, 0.6) is 0 Å². The van der Waals surface area contributed by atoms with Gasteiger partial charge in [0.05, 0.1) is 13.2 Å². The SMILES string of the molecule is O=C(Nc1ccc(Cl)cc1)Nc1nnc(SCCC2OCCO2)s1. The summed E-state index contributed by atoms with van der Waals surface area (Å²) in [7, 11) is 0. The van der Waals surface area contributed by atoms with Crippen molar-refractivity contribution in [2.24, 2.45) is 0 Å². The second-order valence-electron chi connectivity index (χ2n) is 4.77. The summed E-state index contributed by atoms with van der Waals surface area (Å²) in [6.07, 6.45) is 0.678. The van der Waals surface area contributed by atoms with E-state index in [-0.39, 0.29) is 12.3 Å². The molecule has 1 aromatic heterocycles. The molecule has 1 fully saturated rings. The minimum absolute atomic E-state index is 0.117. The van der Waals surface area contributed by atoms with Crippen molar-refractivity contribution in [2.45, 2.75) is 17.1 Å². The molecule has 7 nitrogen and oxygen atoms in total. The first kappa shape index (κ1) is 17.4. The molecule has 10 heteroatoms. The van der Waals surface area contributed by atoms with Crippen molar-refractivity contribution in [3.63, 3.8) is 0 Å². The van der Waals surface area contributed by atoms with Crippen LogP contribution in [0.4, 0.5) is 15.6 Å². The normalized spacial score (nSPS) is 14.7. The largest absolute Gasteiger partial charge is 0.350 e. The smallest absolute Gasteiger partial charge is 0.325 e. The molecule has 1 aromatic carbocycles. The summed E-state index contributed by atoms with van der Waals surface area (Å²) in [5.74, 6) is 0.816. The number of aromatic nitrogens is 2. The Kier molecular flexibility index (Phi) is 6.27. The minimum Gasteiger partial charge on any atom is -0.350 e. The van der Waals surface area contributed by atoms with Crippen LogP contribution < -0.4 is 10.6 Å². The van der Waals surface area contributed by atoms with E-state index in [1.54, 1.807) is 36.0 Å². The molecule has 0 unspecified atom stereocenters. The van der Waals surface area contributed by atoms with Crippen LogP contribution in [0.3, 0.4) is 0 Å². The number of anilines is 2. The molecule has 2 N–H and O–H groups in total. The van der Waals surface area contributed by atoms with E-state index < -0.39 is 0 Å². The lowest BCUT2D eigenvalue weighted by molar-refractivity contribution is -0.0421. The monoisotopic (exact) mass is 386 g/mol. The molecule has 3 rings (SSSR count). The number of urea groups is 1. The summed E-state index contributed by atoms with van der Waals surface area (Å²) in [6, 6.07) is 6.47. The molecule has 24 heavy (non-hydrogen) atoms. The van der Waals surface area contributed by atoms with Gasteiger partial charge in [0.1, 0.15) is 0 Å². The Morgan fingerprint density at radius 1 is 1.25 bits per heavy atom. The maximum Gasteiger partial charge on any atom is 0.325 e. The van der Waals surface area contributed by atoms with E-state index in [4.69, 9.17) is 21.1 Å². The molecule has 1 aliphatic heterocycles. The van der Waals surface area contributed by atoms with Gasteiger partial charge in [-0.25, -0.2) is 4.79 Å². The van der Waals surface area contributed by atoms with E-state index in [9.17, 15) is 4.79 Å². The van der Waals surface area contributed by atoms with E-state index in [1.165, 1.54) is 11.3 Å². The molecule has 0 aliphatic carbocycles. The summed E-state index contributed by atoms with van der Waals surface area (Å²) in [4.78, 5) is 11.9. The number of rotatable bonds is 6. The first-order valence-corrected chi connectivity index (χ1v) is 9.40. The highest BCUT2D eigenvalue weighted by Gasteiger charge is 2.16. The van der Waals surface area contributed by atoms with E-state index >= 15 is 0 Å². The van der Waals surface area contributed by atoms with E-state index in [1.807, 2.05) is 0 Å². The number of hydrogen-bond donors (Lipinski definition) is 2. The summed E-state index contributed by atoms with van der Waals surface area (Å²) in [6.45, 7) is 1.32. The second-order valence-corrected chi connectivity index (χ2v) is 7.52. The predicted molar refractivity (Wildman–Crippen MR) is 95.0 cm³/mol. The van der Waals surface area contributed by atoms with E-state index in [0.717, 1.165) is 16.5 Å². The number of nitrogens with zero attached hydrogens (tertiary/aromatic N) is 2. The molecule has 2 aromatic rings. The summed E-state index contributed by atoms with van der Waals surface area (Å²) in [5, 5.41) is 14.4. The topological polar surface area (TPSA) is 85.4 Å². The van der Waals surface area contributed by atoms with Gasteiger partial charge in [-0.1, -0.05) is 34.7 Å². The van der Waals surface area contributed by atoms with Crippen LogP contribution in [0.15, 0.2) is 28.6 Å². The van der Waals surface area contributed by atoms with Crippen molar-refractivity contribution in [3.8, 4) is 0 Å². The molecule has 2 amide bonds. The zero-order valence-electron chi connectivity index (χ0n) is 12.5. The number of thioether (sulfide) groups is 1. The van der Waals surface area contributed by atoms with Gasteiger partial charge in [-0.15, -0.1) is 10.2 Å². The molecule has 1 aliphatic rings. The van der Waals surface area contributed by atoms with Gasteiger partial charge in [-0.2, -0.15) is 0 Å². The first-order valence-electron chi connectivity index (χ1n) is 7.22. The zero-order valence-corrected chi connectivity index (χ0v) is 14.9. The maximum absolute atomic E-state index is 11.9. The molecular formula is C14H15ClN4O3S2. The first-order chi connectivity index (χ1) is 11.7. The van der Waals surface area contributed by atoms with Gasteiger partial charge in [0.15, 0.2) is 10.6 Å². The van der Waals surface area contributed by atoms with Crippen molar-refractivity contribution in [1.82, 2.24) is 10.2 Å². The standard InChI is InChI=1S/C14H15ClN4O3S2/c15-9-1-3-10(4-2-9)16-12(20)17-13-18-19-14(24-13)23-8-5-11-21-6-7-22-11/h1-4,11H,5-8H2,(H2,16,17,18,20). The van der Waals surface area contributed by atoms with Crippen molar-refractivity contribution in [2.75, 3.05) is 29.6 Å². The lowest BCUT2D eigenvalue weighted by Gasteiger charge is -2.06. The third-order valence-electron chi connectivity index (χ3n) is 3.00. The van der Waals surface area contributed by atoms with Crippen molar-refractivity contribution in [1.29, 1.82) is 0 Å². The fourth-order valence-corrected chi connectivity index (χ4v) is 3.83. The van der Waals surface area contributed by atoms with Crippen molar-refractivity contribution in [3.05, 3.63) is 29.3 Å². The van der Waals surface area contributed by atoms with E-state index in [2.05, 4.69) is 20.8 Å². The van der Waals surface area contributed by atoms with Gasteiger partial charge in [-0.05, 0) is 24.3 Å². The van der Waals surface area contributed by atoms with Gasteiger partial charge >= 0.3 is 6.03 Å². The molecule has 1 saturated heterocycles. The second kappa shape index (κ2) is 8.63. The third-order valence-corrected chi connectivity index (χ3v) is 5.26. The highest BCUT2D eigenvalue weighted by molar-refractivity contribution is 8.01. The Bertz CT molecular complexity index is 677. The van der Waals surface area contributed by atoms with Crippen molar-refractivity contribution >= 4 is 51.5 Å². The average molecular weight is 387 g/mol. The fraction of sp³-hybridized carbons (Fsp3) is 0.357. The van der Waals surface area contributed by atoms with Crippen LogP contribution >= 0.6 is 34.7 Å². The Hall–Kier alpha value is -1.39. The number of benzene rings is 1. The molecule has 0 saturated carbocycles. The van der Waals surface area contributed by atoms with Crippen LogP contribution in [-0.4, -0.2) is 41.5 Å². The Labute approximate surface area is 152 Å². The van der Waals surface area contributed by atoms with Gasteiger partial charge < -0.3 is 14.8 Å². The molecule has 0 radical (unpaired) electrons. The quantitative estimate of drug-likeness (QED) is 0.581. The number of carbonyl (C=O) groups is 1. The molecular weight excluding hydrogens is 372 g/mol. The molecule has 2 heterocycles. The lowest BCUT2D eigenvalue weighted by atomic mass is 10.3. The summed E-state index contributed by atoms with van der Waals surface area (Å²) >= 11 is 8.68. The van der Waals surface area contributed by atoms with E-state index in [0.29, 0.717) is 29.1 Å². The van der Waals surface area contributed by atoms with Crippen LogP contribution in [0.25, 0.3) is 0 Å². The van der Waals surface area contributed by atoms with Crippen LogP contribution in [0.2, 0.25) is 5.02 Å². The summed E-state index contributed by atoms with van der Waals surface area (Å²) < 4.78 is 11.5. The Balaban J connectivity index is 1.42. The predicted octanol–water partition coefficient (Wildman–Crippen LogP) is 3.69. The molecule has 128 valence electrons. The van der Waals surface area contributed by atoms with Gasteiger partial charge in [-0.3, -0.25) is 5.32 Å². The number of halogens is 1. The van der Waals surface area contributed by atoms with Gasteiger partial charge in [0, 0.05) is 22.9 Å². The lowest BCUT2D eigenvalue weighted by Crippen LogP contribution is -2.19. The van der Waals surface area contributed by atoms with Gasteiger partial charge in [0.25, 0.3) is 0 Å². The van der Waals surface area contributed by atoms with Crippen LogP contribution in [0, 0.1) is 0 Å². The number of amides is 2. The molecule has 0 spiro atoms. The average Bonchev–Trinajstić information content (AvgIpc) is 3.22. The highest BCUT2D eigenvalue weighted by Crippen LogP contribution is 2.27. The summed E-state index contributed by atoms with van der Waals surface area (Å²) in [5.41, 5.74) is 0.646. The number of hydrogen-bond acceptors (Lipinski definition) is 7. The number of ether oxygens (including phenoxy) is 2. The Morgan fingerprint density at radius 3 is 2.75 bits per heavy atom.